The number of hydrogen-bond donors (Lipinski definition) is 1. The smallest absolute Gasteiger partial charge is 0.337 e. The molecule has 0 spiro atoms. The molecule has 0 radical (unpaired) electrons. The Balaban J connectivity index is 1.25. The van der Waals surface area contributed by atoms with E-state index in [1.165, 1.54) is 6.07 Å². The van der Waals surface area contributed by atoms with Crippen molar-refractivity contribution in [1.82, 2.24) is 14.9 Å². The number of carbonyl (C=O) groups excluding carboxylic acids is 1. The van der Waals surface area contributed by atoms with E-state index in [0.29, 0.717) is 42.7 Å². The number of thiophene rings is 1. The molecule has 2 bridgehead atoms. The molecule has 2 fully saturated rings. The normalized spacial score (nSPS) is 21.5. The molecule has 2 aliphatic rings. The van der Waals surface area contributed by atoms with Crippen molar-refractivity contribution in [2.24, 2.45) is 11.7 Å². The highest BCUT2D eigenvalue weighted by atomic mass is 32.2. The molecule has 3 aromatic rings. The van der Waals surface area contributed by atoms with E-state index in [4.69, 9.17) is 5.73 Å². The Kier molecular flexibility index (Phi) is 8.38. The molecule has 0 unspecified atom stereocenters. The summed E-state index contributed by atoms with van der Waals surface area (Å²) in [6, 6.07) is 3.96. The predicted molar refractivity (Wildman–Crippen MR) is 141 cm³/mol. The summed E-state index contributed by atoms with van der Waals surface area (Å²) < 4.78 is 108. The van der Waals surface area contributed by atoms with Crippen LogP contribution in [0.3, 0.4) is 0 Å². The van der Waals surface area contributed by atoms with Crippen LogP contribution in [0.25, 0.3) is 10.6 Å². The molecule has 226 valence electrons. The summed E-state index contributed by atoms with van der Waals surface area (Å²) in [5.41, 5.74) is 4.70. The van der Waals surface area contributed by atoms with Crippen LogP contribution in [0.15, 0.2) is 40.9 Å². The van der Waals surface area contributed by atoms with Gasteiger partial charge >= 0.3 is 6.18 Å². The minimum absolute atomic E-state index is 0.0240. The third kappa shape index (κ3) is 6.32. The fourth-order valence-corrected chi connectivity index (χ4v) is 7.61. The van der Waals surface area contributed by atoms with E-state index in [1.54, 1.807) is 16.3 Å². The fraction of sp³-hybridized carbons (Fsp3) is 0.444. The maximum absolute atomic E-state index is 14.1. The first-order valence-corrected chi connectivity index (χ1v) is 15.7. The first-order valence-electron chi connectivity index (χ1n) is 13.2. The van der Waals surface area contributed by atoms with E-state index in [1.807, 2.05) is 0 Å². The van der Waals surface area contributed by atoms with E-state index < -0.39 is 68.4 Å². The molecule has 7 nitrogen and oxygen atoms in total. The van der Waals surface area contributed by atoms with Gasteiger partial charge in [-0.25, -0.2) is 31.6 Å². The number of rotatable bonds is 8. The molecule has 42 heavy (non-hydrogen) atoms. The Morgan fingerprint density at radius 3 is 2.33 bits per heavy atom. The number of aromatic nitrogens is 2. The van der Waals surface area contributed by atoms with Crippen molar-refractivity contribution in [3.8, 4) is 10.6 Å². The van der Waals surface area contributed by atoms with Crippen LogP contribution < -0.4 is 5.73 Å². The minimum Gasteiger partial charge on any atom is -0.337 e. The van der Waals surface area contributed by atoms with Crippen LogP contribution in [0.4, 0.5) is 26.3 Å². The second kappa shape index (κ2) is 11.6. The number of nitrogens with zero attached hydrogens (tertiary/aromatic N) is 3. The largest absolute Gasteiger partial charge is 0.433 e. The Morgan fingerprint density at radius 2 is 1.71 bits per heavy atom. The van der Waals surface area contributed by atoms with Gasteiger partial charge in [0, 0.05) is 30.6 Å². The van der Waals surface area contributed by atoms with Crippen molar-refractivity contribution in [3.63, 3.8) is 0 Å². The molecular weight excluding hydrogens is 606 g/mol. The minimum atomic E-state index is -4.91. The number of halogens is 6. The Hall–Kier alpha value is -3.04. The maximum atomic E-state index is 14.1. The highest BCUT2D eigenvalue weighted by molar-refractivity contribution is 7.91. The van der Waals surface area contributed by atoms with Gasteiger partial charge in [0.2, 0.25) is 20.9 Å². The Bertz CT molecular complexity index is 1570. The molecule has 2 aromatic heterocycles. The highest BCUT2D eigenvalue weighted by Gasteiger charge is 2.45. The number of alkyl halides is 3. The summed E-state index contributed by atoms with van der Waals surface area (Å²) in [5, 5.41) is 0.619. The molecule has 0 saturated carbocycles. The number of piperidine rings is 1. The second-order valence-electron chi connectivity index (χ2n) is 10.6. The lowest BCUT2D eigenvalue weighted by atomic mass is 9.82. The number of fused-ring (bicyclic) bond motifs is 2. The number of carbonyl (C=O) groups is 1. The van der Waals surface area contributed by atoms with E-state index in [9.17, 15) is 39.6 Å². The topological polar surface area (TPSA) is 106 Å². The van der Waals surface area contributed by atoms with Crippen molar-refractivity contribution in [2.45, 2.75) is 68.0 Å². The van der Waals surface area contributed by atoms with Crippen LogP contribution >= 0.6 is 11.3 Å². The predicted octanol–water partition coefficient (Wildman–Crippen LogP) is 5.14. The summed E-state index contributed by atoms with van der Waals surface area (Å²) in [6.45, 7) is 0. The van der Waals surface area contributed by atoms with Gasteiger partial charge in [-0.2, -0.15) is 13.2 Å². The number of hydrogen-bond acceptors (Lipinski definition) is 7. The molecule has 15 heteroatoms. The van der Waals surface area contributed by atoms with Gasteiger partial charge in [-0.05, 0) is 67.2 Å². The molecule has 5 rings (SSSR count). The van der Waals surface area contributed by atoms with E-state index in [0.717, 1.165) is 17.4 Å². The Morgan fingerprint density at radius 1 is 1.05 bits per heavy atom. The SMILES string of the molecule is N[C@H](Cc1cc(F)c(F)cc1F)[C@@H]1C[C@H]2CC[C@@H](C1)N2C(=O)CCS(=O)(=O)c1nc(-c2cccs2)cc(C(F)(F)F)n1. The van der Waals surface area contributed by atoms with Gasteiger partial charge in [0.1, 0.15) is 11.5 Å². The third-order valence-electron chi connectivity index (χ3n) is 7.84. The van der Waals surface area contributed by atoms with Crippen molar-refractivity contribution in [3.05, 3.63) is 64.4 Å². The zero-order valence-electron chi connectivity index (χ0n) is 22.0. The number of nitrogens with two attached hydrogens (primary N) is 1. The van der Waals surface area contributed by atoms with Gasteiger partial charge in [-0.15, -0.1) is 11.3 Å². The number of benzene rings is 1. The second-order valence-corrected chi connectivity index (χ2v) is 13.6. The lowest BCUT2D eigenvalue weighted by molar-refractivity contribution is -0.141. The summed E-state index contributed by atoms with van der Waals surface area (Å²) >= 11 is 1.09. The first-order chi connectivity index (χ1) is 19.7. The number of sulfone groups is 1. The molecule has 4 atom stereocenters. The monoisotopic (exact) mass is 632 g/mol. The quantitative estimate of drug-likeness (QED) is 0.209. The summed E-state index contributed by atoms with van der Waals surface area (Å²) in [5.74, 6) is -4.74. The zero-order chi connectivity index (χ0) is 30.4. The van der Waals surface area contributed by atoms with Crippen molar-refractivity contribution >= 4 is 27.1 Å². The summed E-state index contributed by atoms with van der Waals surface area (Å²) in [7, 11) is -4.45. The van der Waals surface area contributed by atoms with Crippen LogP contribution in [0, 0.1) is 23.4 Å². The third-order valence-corrected chi connectivity index (χ3v) is 10.2. The first kappa shape index (κ1) is 30.4. The van der Waals surface area contributed by atoms with Gasteiger partial charge in [-0.1, -0.05) is 6.07 Å². The lowest BCUT2D eigenvalue weighted by Crippen LogP contribution is -2.50. The van der Waals surface area contributed by atoms with Gasteiger partial charge in [0.15, 0.2) is 11.6 Å². The maximum Gasteiger partial charge on any atom is 0.433 e. The average molecular weight is 633 g/mol. The lowest BCUT2D eigenvalue weighted by Gasteiger charge is -2.41. The highest BCUT2D eigenvalue weighted by Crippen LogP contribution is 2.41. The van der Waals surface area contributed by atoms with Crippen LogP contribution in [-0.2, 0) is 27.2 Å². The van der Waals surface area contributed by atoms with Gasteiger partial charge in [-0.3, -0.25) is 4.79 Å². The zero-order valence-corrected chi connectivity index (χ0v) is 23.6. The van der Waals surface area contributed by atoms with E-state index in [2.05, 4.69) is 9.97 Å². The standard InChI is InChI=1S/C27H26F6N4O3S2/c28-18-12-20(30)19(29)10-14(18)11-21(34)15-8-16-3-4-17(9-15)37(16)25(38)5-7-42(39,40)26-35-22(23-2-1-6-41-23)13-24(36-26)27(31,32)33/h1-2,6,10,12-13,15-17,21H,3-5,7-9,11,34H2/t15-,16-,17+,21-/m1/s1. The average Bonchev–Trinajstić information content (AvgIpc) is 3.56. The van der Waals surface area contributed by atoms with E-state index in [-0.39, 0.29) is 35.7 Å². The van der Waals surface area contributed by atoms with Gasteiger partial charge < -0.3 is 10.6 Å². The van der Waals surface area contributed by atoms with Crippen molar-refractivity contribution < 1.29 is 39.6 Å². The van der Waals surface area contributed by atoms with Crippen LogP contribution in [0.5, 0.6) is 0 Å². The fourth-order valence-electron chi connectivity index (χ4n) is 5.82. The molecule has 2 N–H and O–H groups in total. The molecule has 1 amide bonds. The van der Waals surface area contributed by atoms with Gasteiger partial charge in [0.05, 0.1) is 16.3 Å². The molecule has 1 aromatic carbocycles. The summed E-state index contributed by atoms with van der Waals surface area (Å²) in [4.78, 5) is 22.3. The molecule has 4 heterocycles. The number of amides is 1. The molecule has 0 aliphatic carbocycles. The molecule has 2 aliphatic heterocycles. The molecular formula is C27H26F6N4O3S2. The van der Waals surface area contributed by atoms with Crippen molar-refractivity contribution in [2.75, 3.05) is 5.75 Å². The van der Waals surface area contributed by atoms with Crippen LogP contribution in [0.2, 0.25) is 0 Å². The summed E-state index contributed by atoms with van der Waals surface area (Å²) in [6.07, 6.45) is -3.19. The van der Waals surface area contributed by atoms with Crippen LogP contribution in [-0.4, -0.2) is 53.1 Å². The Labute approximate surface area is 241 Å². The van der Waals surface area contributed by atoms with Crippen LogP contribution in [0.1, 0.15) is 43.4 Å². The van der Waals surface area contributed by atoms with Crippen molar-refractivity contribution in [1.29, 1.82) is 0 Å². The van der Waals surface area contributed by atoms with Gasteiger partial charge in [0.25, 0.3) is 0 Å². The molecule has 2 saturated heterocycles. The van der Waals surface area contributed by atoms with E-state index >= 15 is 0 Å².